The molecule has 1 aliphatic carbocycles. The molecule has 0 bridgehead atoms. The van der Waals surface area contributed by atoms with E-state index in [2.05, 4.69) is 37.8 Å². The summed E-state index contributed by atoms with van der Waals surface area (Å²) < 4.78 is 2.85. The summed E-state index contributed by atoms with van der Waals surface area (Å²) >= 11 is 3.45. The Balaban J connectivity index is 2.10. The lowest BCUT2D eigenvalue weighted by Gasteiger charge is -2.07. The van der Waals surface area contributed by atoms with Crippen LogP contribution in [0.4, 0.5) is 0 Å². The van der Waals surface area contributed by atoms with Gasteiger partial charge in [0, 0.05) is 17.7 Å². The first-order valence-corrected chi connectivity index (χ1v) is 6.50. The van der Waals surface area contributed by atoms with Crippen LogP contribution in [-0.4, -0.2) is 19.5 Å². The number of hydrogen-bond acceptors (Lipinski definition) is 3. The standard InChI is InChI=1S/C12H13BrN4/c1-7-8(2)17(6-14-7)11-5-10(13)15-12(16-11)9-3-4-9/h5-6,9H,3-4H2,1-2H3. The minimum Gasteiger partial charge on any atom is -0.287 e. The van der Waals surface area contributed by atoms with Gasteiger partial charge in [0.15, 0.2) is 0 Å². The van der Waals surface area contributed by atoms with E-state index in [0.717, 1.165) is 27.6 Å². The van der Waals surface area contributed by atoms with E-state index in [0.29, 0.717) is 5.92 Å². The molecule has 0 N–H and O–H groups in total. The third-order valence-electron chi connectivity index (χ3n) is 3.14. The summed E-state index contributed by atoms with van der Waals surface area (Å²) in [5, 5.41) is 0. The van der Waals surface area contributed by atoms with Crippen molar-refractivity contribution < 1.29 is 0 Å². The highest BCUT2D eigenvalue weighted by molar-refractivity contribution is 9.10. The van der Waals surface area contributed by atoms with Gasteiger partial charge in [0.05, 0.1) is 5.69 Å². The van der Waals surface area contributed by atoms with E-state index < -0.39 is 0 Å². The Morgan fingerprint density at radius 2 is 2.06 bits per heavy atom. The number of aromatic nitrogens is 4. The predicted molar refractivity (Wildman–Crippen MR) is 68.3 cm³/mol. The first kappa shape index (κ1) is 10.9. The molecule has 0 amide bonds. The number of aryl methyl sites for hydroxylation is 1. The van der Waals surface area contributed by atoms with Crippen molar-refractivity contribution >= 4 is 15.9 Å². The summed E-state index contributed by atoms with van der Waals surface area (Å²) in [4.78, 5) is 13.4. The van der Waals surface area contributed by atoms with Gasteiger partial charge in [-0.1, -0.05) is 0 Å². The average Bonchev–Trinajstić information content (AvgIpc) is 3.07. The summed E-state index contributed by atoms with van der Waals surface area (Å²) in [6, 6.07) is 1.93. The topological polar surface area (TPSA) is 43.6 Å². The maximum atomic E-state index is 4.62. The minimum atomic E-state index is 0.552. The van der Waals surface area contributed by atoms with Crippen LogP contribution in [0.15, 0.2) is 17.0 Å². The van der Waals surface area contributed by atoms with Gasteiger partial charge < -0.3 is 0 Å². The molecule has 5 heteroatoms. The lowest BCUT2D eigenvalue weighted by molar-refractivity contribution is 0.857. The molecule has 0 radical (unpaired) electrons. The Hall–Kier alpha value is -1.23. The van der Waals surface area contributed by atoms with Crippen molar-refractivity contribution in [3.63, 3.8) is 0 Å². The molecule has 1 saturated carbocycles. The number of hydrogen-bond donors (Lipinski definition) is 0. The summed E-state index contributed by atoms with van der Waals surface area (Å²) in [5.41, 5.74) is 2.16. The van der Waals surface area contributed by atoms with Crippen LogP contribution in [-0.2, 0) is 0 Å². The third-order valence-corrected chi connectivity index (χ3v) is 3.55. The molecule has 0 aromatic carbocycles. The zero-order chi connectivity index (χ0) is 12.0. The predicted octanol–water partition coefficient (Wildman–Crippen LogP) is 2.92. The smallest absolute Gasteiger partial charge is 0.142 e. The quantitative estimate of drug-likeness (QED) is 0.800. The van der Waals surface area contributed by atoms with Crippen molar-refractivity contribution in [2.45, 2.75) is 32.6 Å². The van der Waals surface area contributed by atoms with Crippen molar-refractivity contribution in [2.75, 3.05) is 0 Å². The van der Waals surface area contributed by atoms with E-state index >= 15 is 0 Å². The Morgan fingerprint density at radius 1 is 1.29 bits per heavy atom. The van der Waals surface area contributed by atoms with Gasteiger partial charge in [0.2, 0.25) is 0 Å². The Labute approximate surface area is 108 Å². The second kappa shape index (κ2) is 3.91. The first-order valence-electron chi connectivity index (χ1n) is 5.70. The molecule has 2 aromatic rings. The SMILES string of the molecule is Cc1ncn(-c2cc(Br)nc(C3CC3)n2)c1C. The van der Waals surface area contributed by atoms with Crippen molar-refractivity contribution in [1.29, 1.82) is 0 Å². The van der Waals surface area contributed by atoms with Gasteiger partial charge in [-0.05, 0) is 42.6 Å². The summed E-state index contributed by atoms with van der Waals surface area (Å²) in [5.74, 6) is 2.39. The van der Waals surface area contributed by atoms with E-state index in [9.17, 15) is 0 Å². The zero-order valence-corrected chi connectivity index (χ0v) is 11.4. The first-order chi connectivity index (χ1) is 8.15. The van der Waals surface area contributed by atoms with E-state index in [-0.39, 0.29) is 0 Å². The van der Waals surface area contributed by atoms with Crippen LogP contribution in [0.5, 0.6) is 0 Å². The van der Waals surface area contributed by atoms with Crippen molar-refractivity contribution in [3.05, 3.63) is 34.2 Å². The summed E-state index contributed by atoms with van der Waals surface area (Å²) in [6.07, 6.45) is 4.23. The molecule has 4 nitrogen and oxygen atoms in total. The Morgan fingerprint density at radius 3 is 2.65 bits per heavy atom. The van der Waals surface area contributed by atoms with Crippen LogP contribution < -0.4 is 0 Å². The molecule has 0 spiro atoms. The van der Waals surface area contributed by atoms with E-state index in [1.54, 1.807) is 0 Å². The second-order valence-electron chi connectivity index (χ2n) is 4.47. The lowest BCUT2D eigenvalue weighted by atomic mass is 10.3. The van der Waals surface area contributed by atoms with Gasteiger partial charge in [0.25, 0.3) is 0 Å². The van der Waals surface area contributed by atoms with Crippen LogP contribution in [0.25, 0.3) is 5.82 Å². The molecule has 0 saturated heterocycles. The van der Waals surface area contributed by atoms with Crippen molar-refractivity contribution in [1.82, 2.24) is 19.5 Å². The molecule has 1 aliphatic rings. The van der Waals surface area contributed by atoms with E-state index in [1.807, 2.05) is 23.9 Å². The fourth-order valence-electron chi connectivity index (χ4n) is 1.80. The maximum absolute atomic E-state index is 4.62. The number of rotatable bonds is 2. The molecule has 88 valence electrons. The fourth-order valence-corrected chi connectivity index (χ4v) is 2.19. The largest absolute Gasteiger partial charge is 0.287 e. The molecule has 17 heavy (non-hydrogen) atoms. The van der Waals surface area contributed by atoms with Gasteiger partial charge >= 0.3 is 0 Å². The number of imidazole rings is 1. The lowest BCUT2D eigenvalue weighted by Crippen LogP contribution is -2.03. The Bertz CT molecular complexity index is 572. The van der Waals surface area contributed by atoms with Gasteiger partial charge in [-0.2, -0.15) is 0 Å². The van der Waals surface area contributed by atoms with Crippen LogP contribution in [0.2, 0.25) is 0 Å². The molecule has 3 rings (SSSR count). The van der Waals surface area contributed by atoms with Crippen LogP contribution in [0.1, 0.15) is 36.0 Å². The zero-order valence-electron chi connectivity index (χ0n) is 9.81. The average molecular weight is 293 g/mol. The van der Waals surface area contributed by atoms with Crippen molar-refractivity contribution in [2.24, 2.45) is 0 Å². The molecule has 0 aliphatic heterocycles. The molecule has 0 unspecified atom stereocenters. The Kier molecular flexibility index (Phi) is 2.50. The van der Waals surface area contributed by atoms with Gasteiger partial charge in [-0.15, -0.1) is 0 Å². The van der Waals surface area contributed by atoms with E-state index in [4.69, 9.17) is 0 Å². The highest BCUT2D eigenvalue weighted by atomic mass is 79.9. The number of nitrogens with zero attached hydrogens (tertiary/aromatic N) is 4. The maximum Gasteiger partial charge on any atom is 0.142 e. The fraction of sp³-hybridized carbons (Fsp3) is 0.417. The molecular formula is C12H13BrN4. The molecule has 1 fully saturated rings. The van der Waals surface area contributed by atoms with Crippen molar-refractivity contribution in [3.8, 4) is 5.82 Å². The van der Waals surface area contributed by atoms with Crippen LogP contribution in [0.3, 0.4) is 0 Å². The monoisotopic (exact) mass is 292 g/mol. The van der Waals surface area contributed by atoms with Crippen LogP contribution in [0, 0.1) is 13.8 Å². The molecule has 0 atom stereocenters. The van der Waals surface area contributed by atoms with Crippen LogP contribution >= 0.6 is 15.9 Å². The van der Waals surface area contributed by atoms with Gasteiger partial charge in [-0.25, -0.2) is 15.0 Å². The van der Waals surface area contributed by atoms with E-state index in [1.165, 1.54) is 12.8 Å². The van der Waals surface area contributed by atoms with Gasteiger partial charge in [0.1, 0.15) is 22.6 Å². The highest BCUT2D eigenvalue weighted by Crippen LogP contribution is 2.38. The normalized spacial score (nSPS) is 15.2. The highest BCUT2D eigenvalue weighted by Gasteiger charge is 2.27. The number of halogens is 1. The molecule has 2 heterocycles. The summed E-state index contributed by atoms with van der Waals surface area (Å²) in [7, 11) is 0. The third kappa shape index (κ3) is 1.99. The second-order valence-corrected chi connectivity index (χ2v) is 5.28. The minimum absolute atomic E-state index is 0.552. The molecule has 2 aromatic heterocycles. The van der Waals surface area contributed by atoms with Gasteiger partial charge in [-0.3, -0.25) is 4.57 Å². The molecular weight excluding hydrogens is 280 g/mol. The summed E-state index contributed by atoms with van der Waals surface area (Å²) in [6.45, 7) is 4.05.